The summed E-state index contributed by atoms with van der Waals surface area (Å²) in [6.45, 7) is 6.02. The van der Waals surface area contributed by atoms with Crippen LogP contribution in [-0.2, 0) is 19.5 Å². The highest BCUT2D eigenvalue weighted by molar-refractivity contribution is 14.0. The predicted molar refractivity (Wildman–Crippen MR) is 123 cm³/mol. The number of halogens is 1. The molecule has 2 aromatic carbocycles. The second-order valence-corrected chi connectivity index (χ2v) is 5.96. The summed E-state index contributed by atoms with van der Waals surface area (Å²) in [6, 6.07) is 16.0. The first-order valence-electron chi connectivity index (χ1n) is 9.06. The molecule has 0 spiro atoms. The Bertz CT molecular complexity index is 761. The minimum atomic E-state index is -0.0481. The molecule has 0 aliphatic heterocycles. The third kappa shape index (κ3) is 7.21. The number of amides is 1. The molecule has 0 atom stereocenters. The number of nitrogens with zero attached hydrogens (tertiary/aromatic N) is 1. The van der Waals surface area contributed by atoms with Gasteiger partial charge >= 0.3 is 0 Å². The Morgan fingerprint density at radius 2 is 1.63 bits per heavy atom. The average molecular weight is 480 g/mol. The Balaban J connectivity index is 0.00000364. The number of rotatable bonds is 7. The molecule has 0 bridgehead atoms. The Hall–Kier alpha value is -2.09. The van der Waals surface area contributed by atoms with Crippen LogP contribution in [0.3, 0.4) is 0 Å². The number of aliphatic imine (C=N–C) groups is 1. The molecule has 0 heterocycles. The van der Waals surface area contributed by atoms with Gasteiger partial charge in [0.1, 0.15) is 0 Å². The number of carbonyl (C=O) groups is 1. The normalized spacial score (nSPS) is 10.7. The third-order valence-corrected chi connectivity index (χ3v) is 4.16. The van der Waals surface area contributed by atoms with Crippen molar-refractivity contribution in [3.8, 4) is 0 Å². The summed E-state index contributed by atoms with van der Waals surface area (Å²) in [6.07, 6.45) is 1.01. The van der Waals surface area contributed by atoms with Gasteiger partial charge in [-0.3, -0.25) is 9.79 Å². The molecule has 1 amide bonds. The molecule has 0 aliphatic carbocycles. The molecule has 0 fully saturated rings. The van der Waals surface area contributed by atoms with Gasteiger partial charge in [0.2, 0.25) is 0 Å². The van der Waals surface area contributed by atoms with Gasteiger partial charge in [-0.25, -0.2) is 0 Å². The van der Waals surface area contributed by atoms with E-state index >= 15 is 0 Å². The number of benzene rings is 2. The van der Waals surface area contributed by atoms with Crippen LogP contribution < -0.4 is 16.0 Å². The summed E-state index contributed by atoms with van der Waals surface area (Å²) in [4.78, 5) is 16.2. The van der Waals surface area contributed by atoms with E-state index in [1.807, 2.05) is 31.2 Å². The van der Waals surface area contributed by atoms with Crippen molar-refractivity contribution in [3.05, 3.63) is 70.8 Å². The van der Waals surface area contributed by atoms with E-state index in [-0.39, 0.29) is 29.9 Å². The van der Waals surface area contributed by atoms with Gasteiger partial charge in [-0.15, -0.1) is 24.0 Å². The monoisotopic (exact) mass is 480 g/mol. The molecular weight excluding hydrogens is 451 g/mol. The van der Waals surface area contributed by atoms with Crippen molar-refractivity contribution >= 4 is 35.8 Å². The van der Waals surface area contributed by atoms with Crippen molar-refractivity contribution in [2.45, 2.75) is 33.4 Å². The van der Waals surface area contributed by atoms with E-state index < -0.39 is 0 Å². The summed E-state index contributed by atoms with van der Waals surface area (Å²) in [5.74, 6) is 0.687. The zero-order valence-electron chi connectivity index (χ0n) is 16.2. The lowest BCUT2D eigenvalue weighted by Gasteiger charge is -2.14. The van der Waals surface area contributed by atoms with Crippen LogP contribution in [-0.4, -0.2) is 25.5 Å². The molecule has 5 nitrogen and oxygen atoms in total. The van der Waals surface area contributed by atoms with Gasteiger partial charge in [0.25, 0.3) is 5.91 Å². The molecule has 0 aromatic heterocycles. The summed E-state index contributed by atoms with van der Waals surface area (Å²) >= 11 is 0. The van der Waals surface area contributed by atoms with Crippen LogP contribution in [0, 0.1) is 0 Å². The van der Waals surface area contributed by atoms with E-state index in [9.17, 15) is 4.79 Å². The highest BCUT2D eigenvalue weighted by Gasteiger charge is 2.06. The van der Waals surface area contributed by atoms with Crippen molar-refractivity contribution in [1.82, 2.24) is 16.0 Å². The number of hydrogen-bond acceptors (Lipinski definition) is 2. The van der Waals surface area contributed by atoms with Crippen LogP contribution >= 0.6 is 24.0 Å². The first-order valence-corrected chi connectivity index (χ1v) is 9.06. The van der Waals surface area contributed by atoms with E-state index in [4.69, 9.17) is 0 Å². The molecule has 146 valence electrons. The molecule has 0 saturated heterocycles. The van der Waals surface area contributed by atoms with Gasteiger partial charge in [0.15, 0.2) is 5.96 Å². The van der Waals surface area contributed by atoms with Crippen LogP contribution in [0.25, 0.3) is 0 Å². The number of guanidine groups is 1. The Morgan fingerprint density at radius 1 is 0.926 bits per heavy atom. The molecule has 0 radical (unpaired) electrons. The summed E-state index contributed by atoms with van der Waals surface area (Å²) in [5.41, 5.74) is 4.32. The molecule has 0 saturated carbocycles. The standard InChI is InChI=1S/C21H28N4O.HI/c1-4-17-10-6-7-11-19(17)15-25-21(22-3)24-14-16-9-8-12-18(13-16)20(26)23-5-2;/h6-13H,4-5,14-15H2,1-3H3,(H,23,26)(H2,22,24,25);1H. The van der Waals surface area contributed by atoms with Gasteiger partial charge in [-0.1, -0.05) is 43.3 Å². The van der Waals surface area contributed by atoms with Crippen molar-refractivity contribution in [2.75, 3.05) is 13.6 Å². The first-order chi connectivity index (χ1) is 12.7. The van der Waals surface area contributed by atoms with E-state index in [1.54, 1.807) is 7.05 Å². The lowest BCUT2D eigenvalue weighted by atomic mass is 10.1. The van der Waals surface area contributed by atoms with Crippen LogP contribution in [0.1, 0.15) is 40.9 Å². The number of carbonyl (C=O) groups excluding carboxylic acids is 1. The lowest BCUT2D eigenvalue weighted by Crippen LogP contribution is -2.36. The Morgan fingerprint density at radius 3 is 2.30 bits per heavy atom. The van der Waals surface area contributed by atoms with Gasteiger partial charge in [-0.05, 0) is 42.2 Å². The predicted octanol–water partition coefficient (Wildman–Crippen LogP) is 3.48. The molecule has 3 N–H and O–H groups in total. The van der Waals surface area contributed by atoms with Crippen molar-refractivity contribution in [3.63, 3.8) is 0 Å². The number of nitrogens with one attached hydrogen (secondary N) is 3. The highest BCUT2D eigenvalue weighted by Crippen LogP contribution is 2.09. The third-order valence-electron chi connectivity index (χ3n) is 4.16. The van der Waals surface area contributed by atoms with Gasteiger partial charge in [-0.2, -0.15) is 0 Å². The smallest absolute Gasteiger partial charge is 0.251 e. The zero-order chi connectivity index (χ0) is 18.8. The number of aryl methyl sites for hydroxylation is 1. The Kier molecular flexibility index (Phi) is 10.5. The molecular formula is C21H29IN4O. The fourth-order valence-electron chi connectivity index (χ4n) is 2.75. The van der Waals surface area contributed by atoms with E-state index in [0.717, 1.165) is 24.5 Å². The average Bonchev–Trinajstić information content (AvgIpc) is 2.68. The maximum atomic E-state index is 11.9. The lowest BCUT2D eigenvalue weighted by molar-refractivity contribution is 0.0955. The second kappa shape index (κ2) is 12.3. The zero-order valence-corrected chi connectivity index (χ0v) is 18.5. The van der Waals surface area contributed by atoms with Crippen LogP contribution in [0.15, 0.2) is 53.5 Å². The molecule has 0 aliphatic rings. The van der Waals surface area contributed by atoms with Gasteiger partial charge in [0, 0.05) is 32.2 Å². The SMILES string of the molecule is CCNC(=O)c1cccc(CNC(=NC)NCc2ccccc2CC)c1.I. The minimum Gasteiger partial charge on any atom is -0.352 e. The second-order valence-electron chi connectivity index (χ2n) is 5.96. The first kappa shape index (κ1) is 23.0. The van der Waals surface area contributed by atoms with Crippen LogP contribution in [0.4, 0.5) is 0 Å². The fraction of sp³-hybridized carbons (Fsp3) is 0.333. The van der Waals surface area contributed by atoms with Gasteiger partial charge in [0.05, 0.1) is 0 Å². The Labute approximate surface area is 179 Å². The highest BCUT2D eigenvalue weighted by atomic mass is 127. The molecule has 2 aromatic rings. The summed E-state index contributed by atoms with van der Waals surface area (Å²) in [5, 5.41) is 9.47. The van der Waals surface area contributed by atoms with E-state index in [2.05, 4.69) is 52.1 Å². The van der Waals surface area contributed by atoms with E-state index in [0.29, 0.717) is 18.7 Å². The van der Waals surface area contributed by atoms with Crippen molar-refractivity contribution in [2.24, 2.45) is 4.99 Å². The molecule has 27 heavy (non-hydrogen) atoms. The molecule has 6 heteroatoms. The topological polar surface area (TPSA) is 65.5 Å². The fourth-order valence-corrected chi connectivity index (χ4v) is 2.75. The van der Waals surface area contributed by atoms with Crippen molar-refractivity contribution < 1.29 is 4.79 Å². The maximum Gasteiger partial charge on any atom is 0.251 e. The van der Waals surface area contributed by atoms with Crippen LogP contribution in [0.5, 0.6) is 0 Å². The molecule has 0 unspecified atom stereocenters. The quantitative estimate of drug-likeness (QED) is 0.323. The van der Waals surface area contributed by atoms with E-state index in [1.165, 1.54) is 11.1 Å². The summed E-state index contributed by atoms with van der Waals surface area (Å²) in [7, 11) is 1.76. The largest absolute Gasteiger partial charge is 0.352 e. The summed E-state index contributed by atoms with van der Waals surface area (Å²) < 4.78 is 0. The minimum absolute atomic E-state index is 0. The van der Waals surface area contributed by atoms with Gasteiger partial charge < -0.3 is 16.0 Å². The maximum absolute atomic E-state index is 11.9. The van der Waals surface area contributed by atoms with Crippen molar-refractivity contribution in [1.29, 1.82) is 0 Å². The number of hydrogen-bond donors (Lipinski definition) is 3. The van der Waals surface area contributed by atoms with Crippen LogP contribution in [0.2, 0.25) is 0 Å². The molecule has 2 rings (SSSR count).